The van der Waals surface area contributed by atoms with Crippen molar-refractivity contribution < 1.29 is 19.1 Å². The minimum absolute atomic E-state index is 0.0147. The van der Waals surface area contributed by atoms with E-state index in [1.54, 1.807) is 24.0 Å². The van der Waals surface area contributed by atoms with Crippen molar-refractivity contribution in [3.8, 4) is 0 Å². The Kier molecular flexibility index (Phi) is 6.62. The van der Waals surface area contributed by atoms with Crippen LogP contribution in [0.1, 0.15) is 52.3 Å². The van der Waals surface area contributed by atoms with E-state index in [9.17, 15) is 14.4 Å². The van der Waals surface area contributed by atoms with Gasteiger partial charge in [0, 0.05) is 18.7 Å². The molecule has 1 atom stereocenters. The van der Waals surface area contributed by atoms with E-state index in [0.29, 0.717) is 36.4 Å². The van der Waals surface area contributed by atoms with E-state index in [-0.39, 0.29) is 23.6 Å². The number of carbonyl (C=O) groups is 3. The first-order chi connectivity index (χ1) is 13.5. The SMILES string of the molecule is CCc1ccc(C(=O)C(C)OC(=O)C2CCN(C(=O)c3cccs3)CC2)cc1. The number of hydrogen-bond acceptors (Lipinski definition) is 5. The lowest BCUT2D eigenvalue weighted by Gasteiger charge is -2.31. The smallest absolute Gasteiger partial charge is 0.309 e. The van der Waals surface area contributed by atoms with Crippen LogP contribution in [0.5, 0.6) is 0 Å². The lowest BCUT2D eigenvalue weighted by atomic mass is 9.96. The molecule has 0 radical (unpaired) electrons. The molecule has 28 heavy (non-hydrogen) atoms. The van der Waals surface area contributed by atoms with Crippen molar-refractivity contribution in [1.29, 1.82) is 0 Å². The summed E-state index contributed by atoms with van der Waals surface area (Å²) in [6.07, 6.45) is 1.21. The number of Topliss-reactive ketones (excluding diaryl/α,β-unsaturated/α-hetero) is 1. The van der Waals surface area contributed by atoms with Crippen LogP contribution in [0, 0.1) is 5.92 Å². The number of ketones is 1. The second-order valence-corrected chi connectivity index (χ2v) is 7.99. The molecule has 0 saturated carbocycles. The highest BCUT2D eigenvalue weighted by Crippen LogP contribution is 2.22. The van der Waals surface area contributed by atoms with Gasteiger partial charge < -0.3 is 9.64 Å². The summed E-state index contributed by atoms with van der Waals surface area (Å²) < 4.78 is 5.44. The lowest BCUT2D eigenvalue weighted by Crippen LogP contribution is -2.41. The Morgan fingerprint density at radius 3 is 2.39 bits per heavy atom. The van der Waals surface area contributed by atoms with E-state index in [1.165, 1.54) is 11.3 Å². The van der Waals surface area contributed by atoms with Gasteiger partial charge in [-0.3, -0.25) is 14.4 Å². The number of esters is 1. The Balaban J connectivity index is 1.50. The molecular weight excluding hydrogens is 374 g/mol. The van der Waals surface area contributed by atoms with Crippen molar-refractivity contribution in [3.05, 3.63) is 57.8 Å². The van der Waals surface area contributed by atoms with Crippen LogP contribution >= 0.6 is 11.3 Å². The van der Waals surface area contributed by atoms with Gasteiger partial charge in [-0.05, 0) is 43.2 Å². The molecule has 2 aromatic rings. The molecule has 1 aliphatic rings. The van der Waals surface area contributed by atoms with Crippen LogP contribution < -0.4 is 0 Å². The summed E-state index contributed by atoms with van der Waals surface area (Å²) in [7, 11) is 0. The number of likely N-dealkylation sites (tertiary alicyclic amines) is 1. The van der Waals surface area contributed by atoms with Crippen molar-refractivity contribution in [2.45, 2.75) is 39.2 Å². The van der Waals surface area contributed by atoms with Crippen LogP contribution in [-0.2, 0) is 16.0 Å². The Morgan fingerprint density at radius 1 is 1.14 bits per heavy atom. The van der Waals surface area contributed by atoms with Gasteiger partial charge in [0.15, 0.2) is 6.10 Å². The maximum absolute atomic E-state index is 12.5. The van der Waals surface area contributed by atoms with Crippen molar-refractivity contribution in [2.24, 2.45) is 5.92 Å². The van der Waals surface area contributed by atoms with Crippen LogP contribution in [0.2, 0.25) is 0 Å². The number of aryl methyl sites for hydroxylation is 1. The molecule has 6 heteroatoms. The molecule has 1 fully saturated rings. The number of ether oxygens (including phenoxy) is 1. The lowest BCUT2D eigenvalue weighted by molar-refractivity contribution is -0.152. The molecule has 148 valence electrons. The highest BCUT2D eigenvalue weighted by Gasteiger charge is 2.31. The topological polar surface area (TPSA) is 63.7 Å². The molecular formula is C22H25NO4S. The van der Waals surface area contributed by atoms with E-state index in [2.05, 4.69) is 6.92 Å². The molecule has 3 rings (SSSR count). The van der Waals surface area contributed by atoms with Gasteiger partial charge >= 0.3 is 5.97 Å². The van der Waals surface area contributed by atoms with E-state index in [1.807, 2.05) is 29.6 Å². The quantitative estimate of drug-likeness (QED) is 0.544. The third kappa shape index (κ3) is 4.68. The zero-order valence-electron chi connectivity index (χ0n) is 16.2. The minimum Gasteiger partial charge on any atom is -0.454 e. The fourth-order valence-corrected chi connectivity index (χ4v) is 4.03. The summed E-state index contributed by atoms with van der Waals surface area (Å²) in [5.74, 6) is -0.804. The van der Waals surface area contributed by atoms with Crippen LogP contribution in [0.4, 0.5) is 0 Å². The third-order valence-corrected chi connectivity index (χ3v) is 6.01. The molecule has 0 aliphatic carbocycles. The number of rotatable bonds is 6. The van der Waals surface area contributed by atoms with Gasteiger partial charge in [0.05, 0.1) is 10.8 Å². The molecule has 1 aliphatic heterocycles. The second kappa shape index (κ2) is 9.15. The number of nitrogens with zero attached hydrogens (tertiary/aromatic N) is 1. The standard InChI is InChI=1S/C22H25NO4S/c1-3-16-6-8-17(9-7-16)20(24)15(2)27-22(26)18-10-12-23(13-11-18)21(25)19-5-4-14-28-19/h4-9,14-15,18H,3,10-13H2,1-2H3. The zero-order chi connectivity index (χ0) is 20.1. The largest absolute Gasteiger partial charge is 0.454 e. The zero-order valence-corrected chi connectivity index (χ0v) is 17.0. The molecule has 0 N–H and O–H groups in total. The first-order valence-corrected chi connectivity index (χ1v) is 10.5. The molecule has 2 heterocycles. The first kappa shape index (κ1) is 20.3. The van der Waals surface area contributed by atoms with Crippen LogP contribution in [0.3, 0.4) is 0 Å². The van der Waals surface area contributed by atoms with Gasteiger partial charge in [-0.25, -0.2) is 0 Å². The fourth-order valence-electron chi connectivity index (χ4n) is 3.34. The molecule has 1 saturated heterocycles. The van der Waals surface area contributed by atoms with Crippen molar-refractivity contribution in [2.75, 3.05) is 13.1 Å². The van der Waals surface area contributed by atoms with E-state index >= 15 is 0 Å². The molecule has 1 aromatic heterocycles. The summed E-state index contributed by atoms with van der Waals surface area (Å²) in [6, 6.07) is 11.1. The number of hydrogen-bond donors (Lipinski definition) is 0. The maximum Gasteiger partial charge on any atom is 0.309 e. The first-order valence-electron chi connectivity index (χ1n) is 9.66. The Hall–Kier alpha value is -2.47. The minimum atomic E-state index is -0.814. The van der Waals surface area contributed by atoms with Crippen LogP contribution in [0.25, 0.3) is 0 Å². The van der Waals surface area contributed by atoms with Gasteiger partial charge in [-0.2, -0.15) is 0 Å². The van der Waals surface area contributed by atoms with Crippen LogP contribution in [0.15, 0.2) is 41.8 Å². The molecule has 1 unspecified atom stereocenters. The van der Waals surface area contributed by atoms with Crippen molar-refractivity contribution in [1.82, 2.24) is 4.90 Å². The number of amides is 1. The molecule has 5 nitrogen and oxygen atoms in total. The Morgan fingerprint density at radius 2 is 1.82 bits per heavy atom. The van der Waals surface area contributed by atoms with E-state index in [4.69, 9.17) is 4.74 Å². The highest BCUT2D eigenvalue weighted by atomic mass is 32.1. The number of piperidine rings is 1. The normalized spacial score (nSPS) is 15.9. The van der Waals surface area contributed by atoms with E-state index in [0.717, 1.165) is 12.0 Å². The van der Waals surface area contributed by atoms with Gasteiger partial charge in [0.1, 0.15) is 0 Å². The summed E-state index contributed by atoms with van der Waals surface area (Å²) in [6.45, 7) is 4.72. The van der Waals surface area contributed by atoms with Crippen molar-refractivity contribution >= 4 is 29.0 Å². The van der Waals surface area contributed by atoms with E-state index < -0.39 is 6.10 Å². The second-order valence-electron chi connectivity index (χ2n) is 7.04. The number of carbonyl (C=O) groups excluding carboxylic acids is 3. The average molecular weight is 400 g/mol. The summed E-state index contributed by atoms with van der Waals surface area (Å²) in [5, 5.41) is 1.88. The van der Waals surface area contributed by atoms with Gasteiger partial charge in [-0.15, -0.1) is 11.3 Å². The predicted octanol–water partition coefficient (Wildman–Crippen LogP) is 3.98. The van der Waals surface area contributed by atoms with Gasteiger partial charge in [0.2, 0.25) is 5.78 Å². The van der Waals surface area contributed by atoms with Gasteiger partial charge in [0.25, 0.3) is 5.91 Å². The average Bonchev–Trinajstić information content (AvgIpc) is 3.27. The van der Waals surface area contributed by atoms with Crippen LogP contribution in [-0.4, -0.2) is 41.8 Å². The molecule has 1 amide bonds. The highest BCUT2D eigenvalue weighted by molar-refractivity contribution is 7.12. The fraction of sp³-hybridized carbons (Fsp3) is 0.409. The number of benzene rings is 1. The van der Waals surface area contributed by atoms with Crippen molar-refractivity contribution in [3.63, 3.8) is 0 Å². The Bertz CT molecular complexity index is 821. The monoisotopic (exact) mass is 399 g/mol. The maximum atomic E-state index is 12.5. The molecule has 0 spiro atoms. The molecule has 0 bridgehead atoms. The Labute approximate surface area is 169 Å². The summed E-state index contributed by atoms with van der Waals surface area (Å²) in [5.41, 5.74) is 1.71. The summed E-state index contributed by atoms with van der Waals surface area (Å²) in [4.78, 5) is 39.9. The molecule has 1 aromatic carbocycles. The number of thiophene rings is 1. The third-order valence-electron chi connectivity index (χ3n) is 5.16. The summed E-state index contributed by atoms with van der Waals surface area (Å²) >= 11 is 1.42. The predicted molar refractivity (Wildman–Crippen MR) is 109 cm³/mol. The van der Waals surface area contributed by atoms with Gasteiger partial charge in [-0.1, -0.05) is 37.3 Å².